The van der Waals surface area contributed by atoms with Crippen LogP contribution in [0, 0.1) is 5.92 Å². The molecule has 5 heteroatoms. The second-order valence-electron chi connectivity index (χ2n) is 3.58. The lowest BCUT2D eigenvalue weighted by molar-refractivity contribution is -0.119. The third-order valence-corrected chi connectivity index (χ3v) is 3.78. The van der Waals surface area contributed by atoms with E-state index in [4.69, 9.17) is 40.5 Å². The Hall–Kier alpha value is -0.440. The van der Waals surface area contributed by atoms with Crippen LogP contribution in [-0.4, -0.2) is 10.2 Å². The van der Waals surface area contributed by atoms with Gasteiger partial charge in [0.25, 0.3) is 0 Å². The molecule has 1 saturated carbocycles. The van der Waals surface area contributed by atoms with Crippen molar-refractivity contribution in [3.05, 3.63) is 34.9 Å². The van der Waals surface area contributed by atoms with Crippen LogP contribution in [-0.2, 0) is 4.79 Å². The molecule has 2 atom stereocenters. The largest absolute Gasteiger partial charge is 0.369 e. The molecule has 0 heterocycles. The predicted molar refractivity (Wildman–Crippen MR) is 61.3 cm³/mol. The molecular formula is C10H8Cl3NO. The third-order valence-electron chi connectivity index (χ3n) is 2.59. The molecule has 0 aromatic heterocycles. The van der Waals surface area contributed by atoms with Crippen LogP contribution >= 0.6 is 34.8 Å². The highest BCUT2D eigenvalue weighted by atomic mass is 35.5. The molecule has 1 fully saturated rings. The summed E-state index contributed by atoms with van der Waals surface area (Å²) < 4.78 is -1.07. The van der Waals surface area contributed by atoms with Crippen molar-refractivity contribution in [1.82, 2.24) is 0 Å². The number of hydrogen-bond donors (Lipinski definition) is 1. The van der Waals surface area contributed by atoms with Crippen LogP contribution < -0.4 is 5.73 Å². The van der Waals surface area contributed by atoms with E-state index in [1.807, 2.05) is 0 Å². The quantitative estimate of drug-likeness (QED) is 0.820. The summed E-state index contributed by atoms with van der Waals surface area (Å²) in [6, 6.07) is 7.07. The fraction of sp³-hybridized carbons (Fsp3) is 0.300. The van der Waals surface area contributed by atoms with Crippen LogP contribution in [0.3, 0.4) is 0 Å². The Kier molecular flexibility index (Phi) is 2.61. The van der Waals surface area contributed by atoms with E-state index in [1.165, 1.54) is 0 Å². The zero-order chi connectivity index (χ0) is 11.2. The Morgan fingerprint density at radius 3 is 2.20 bits per heavy atom. The van der Waals surface area contributed by atoms with Gasteiger partial charge >= 0.3 is 0 Å². The average molecular weight is 265 g/mol. The lowest BCUT2D eigenvalue weighted by atomic mass is 10.1. The molecule has 1 aliphatic rings. The molecule has 2 N–H and O–H groups in total. The highest BCUT2D eigenvalue weighted by molar-refractivity contribution is 6.53. The summed E-state index contributed by atoms with van der Waals surface area (Å²) in [6.07, 6.45) is 0. The topological polar surface area (TPSA) is 43.1 Å². The predicted octanol–water partition coefficient (Wildman–Crippen LogP) is 2.71. The van der Waals surface area contributed by atoms with Crippen molar-refractivity contribution in [3.63, 3.8) is 0 Å². The molecule has 1 aromatic carbocycles. The first-order valence-corrected chi connectivity index (χ1v) is 5.50. The first-order chi connectivity index (χ1) is 6.94. The van der Waals surface area contributed by atoms with Crippen LogP contribution in [0.1, 0.15) is 11.5 Å². The van der Waals surface area contributed by atoms with Crippen LogP contribution in [0.4, 0.5) is 0 Å². The number of hydrogen-bond acceptors (Lipinski definition) is 1. The van der Waals surface area contributed by atoms with E-state index in [9.17, 15) is 4.79 Å². The van der Waals surface area contributed by atoms with Crippen molar-refractivity contribution in [2.24, 2.45) is 11.7 Å². The zero-order valence-electron chi connectivity index (χ0n) is 7.58. The van der Waals surface area contributed by atoms with Gasteiger partial charge in [0.1, 0.15) is 4.33 Å². The Balaban J connectivity index is 2.27. The molecule has 0 saturated heterocycles. The summed E-state index contributed by atoms with van der Waals surface area (Å²) in [4.78, 5) is 11.1. The van der Waals surface area contributed by atoms with Gasteiger partial charge in [-0.2, -0.15) is 0 Å². The molecule has 0 aliphatic heterocycles. The van der Waals surface area contributed by atoms with E-state index in [0.717, 1.165) is 5.56 Å². The minimum atomic E-state index is -1.07. The fourth-order valence-electron chi connectivity index (χ4n) is 1.77. The number of carbonyl (C=O) groups is 1. The van der Waals surface area contributed by atoms with Gasteiger partial charge in [-0.1, -0.05) is 23.7 Å². The second-order valence-corrected chi connectivity index (χ2v) is 5.46. The van der Waals surface area contributed by atoms with Gasteiger partial charge in [-0.25, -0.2) is 0 Å². The smallest absolute Gasteiger partial charge is 0.224 e. The van der Waals surface area contributed by atoms with Gasteiger partial charge < -0.3 is 5.73 Å². The maximum atomic E-state index is 11.1. The molecule has 15 heavy (non-hydrogen) atoms. The van der Waals surface area contributed by atoms with E-state index in [2.05, 4.69) is 0 Å². The Bertz CT molecular complexity index is 402. The lowest BCUT2D eigenvalue weighted by Crippen LogP contribution is -2.16. The molecule has 2 nitrogen and oxygen atoms in total. The van der Waals surface area contributed by atoms with Gasteiger partial charge in [-0.05, 0) is 17.7 Å². The number of halogens is 3. The summed E-state index contributed by atoms with van der Waals surface area (Å²) in [7, 11) is 0. The van der Waals surface area contributed by atoms with Crippen molar-refractivity contribution < 1.29 is 4.79 Å². The molecule has 0 spiro atoms. The number of carbonyl (C=O) groups excluding carboxylic acids is 1. The monoisotopic (exact) mass is 263 g/mol. The van der Waals surface area contributed by atoms with Gasteiger partial charge in [0.05, 0.1) is 5.92 Å². The molecule has 80 valence electrons. The minimum absolute atomic E-state index is 0.226. The van der Waals surface area contributed by atoms with E-state index >= 15 is 0 Å². The maximum absolute atomic E-state index is 11.1. The number of alkyl halides is 2. The number of nitrogens with two attached hydrogens (primary N) is 1. The zero-order valence-corrected chi connectivity index (χ0v) is 9.85. The van der Waals surface area contributed by atoms with Gasteiger partial charge in [-0.3, -0.25) is 4.79 Å². The van der Waals surface area contributed by atoms with Gasteiger partial charge in [0.15, 0.2) is 0 Å². The van der Waals surface area contributed by atoms with Gasteiger partial charge in [-0.15, -0.1) is 23.2 Å². The van der Waals surface area contributed by atoms with Crippen LogP contribution in [0.2, 0.25) is 5.02 Å². The van der Waals surface area contributed by atoms with Crippen molar-refractivity contribution in [1.29, 1.82) is 0 Å². The Morgan fingerprint density at radius 2 is 1.80 bits per heavy atom. The minimum Gasteiger partial charge on any atom is -0.369 e. The van der Waals surface area contributed by atoms with Gasteiger partial charge in [0, 0.05) is 10.9 Å². The normalized spacial score (nSPS) is 27.4. The van der Waals surface area contributed by atoms with Crippen molar-refractivity contribution in [2.75, 3.05) is 0 Å². The standard InChI is InChI=1S/C10H8Cl3NO/c11-6-3-1-5(2-4-6)7-8(9(14)15)10(7,12)13/h1-4,7-8H,(H2,14,15). The first-order valence-electron chi connectivity index (χ1n) is 4.37. The molecule has 0 bridgehead atoms. The Morgan fingerprint density at radius 1 is 1.27 bits per heavy atom. The highest BCUT2D eigenvalue weighted by Crippen LogP contribution is 2.64. The molecule has 1 amide bonds. The van der Waals surface area contributed by atoms with E-state index < -0.39 is 16.2 Å². The van der Waals surface area contributed by atoms with Crippen LogP contribution in [0.5, 0.6) is 0 Å². The second kappa shape index (κ2) is 3.55. The molecule has 1 aliphatic carbocycles. The van der Waals surface area contributed by atoms with Crippen molar-refractivity contribution in [3.8, 4) is 0 Å². The van der Waals surface area contributed by atoms with E-state index in [1.54, 1.807) is 24.3 Å². The third kappa shape index (κ3) is 1.82. The molecule has 1 aromatic rings. The van der Waals surface area contributed by atoms with Crippen LogP contribution in [0.15, 0.2) is 24.3 Å². The van der Waals surface area contributed by atoms with E-state index in [-0.39, 0.29) is 5.92 Å². The summed E-state index contributed by atoms with van der Waals surface area (Å²) >= 11 is 17.7. The maximum Gasteiger partial charge on any atom is 0.224 e. The van der Waals surface area contributed by atoms with E-state index in [0.29, 0.717) is 5.02 Å². The lowest BCUT2D eigenvalue weighted by Gasteiger charge is -1.99. The number of rotatable bonds is 2. The average Bonchev–Trinajstić information content (AvgIpc) is 2.70. The fourth-order valence-corrected chi connectivity index (χ4v) is 2.74. The molecular weight excluding hydrogens is 256 g/mol. The number of amides is 1. The summed E-state index contributed by atoms with van der Waals surface area (Å²) in [5, 5.41) is 0.629. The van der Waals surface area contributed by atoms with Crippen molar-refractivity contribution in [2.45, 2.75) is 10.3 Å². The molecule has 2 unspecified atom stereocenters. The highest BCUT2D eigenvalue weighted by Gasteiger charge is 2.66. The summed E-state index contributed by atoms with van der Waals surface area (Å²) in [5.74, 6) is -1.21. The summed E-state index contributed by atoms with van der Waals surface area (Å²) in [5.41, 5.74) is 6.08. The molecule has 2 rings (SSSR count). The Labute approximate surface area is 102 Å². The van der Waals surface area contributed by atoms with Crippen LogP contribution in [0.25, 0.3) is 0 Å². The van der Waals surface area contributed by atoms with Crippen molar-refractivity contribution >= 4 is 40.7 Å². The van der Waals surface area contributed by atoms with Gasteiger partial charge in [0.2, 0.25) is 5.91 Å². The summed E-state index contributed by atoms with van der Waals surface area (Å²) in [6.45, 7) is 0. The number of benzene rings is 1. The number of primary amides is 1. The first kappa shape index (κ1) is 11.1. The SMILES string of the molecule is NC(=O)C1C(c2ccc(Cl)cc2)C1(Cl)Cl. The molecule has 0 radical (unpaired) electrons.